The Hall–Kier alpha value is -0.420. The van der Waals surface area contributed by atoms with Crippen molar-refractivity contribution in [1.82, 2.24) is 4.90 Å². The molecule has 0 aromatic rings. The smallest absolute Gasteiger partial charge is 0.234 e. The minimum atomic E-state index is -0.258. The highest BCUT2D eigenvalue weighted by atomic mass is 32.1. The normalized spacial score (nSPS) is 9.64. The molecule has 0 aromatic heterocycles. The molecule has 0 N–H and O–H groups in total. The van der Waals surface area contributed by atoms with E-state index in [1.807, 2.05) is 13.8 Å². The number of hydrogen-bond donors (Lipinski definition) is 1. The first-order valence-electron chi connectivity index (χ1n) is 4.63. The molecule has 0 unspecified atom stereocenters. The SMILES string of the molecule is CCCC(=O)N(C(=O)CCC)C(=S)S. The van der Waals surface area contributed by atoms with E-state index in [0.29, 0.717) is 25.7 Å². The number of imide groups is 1. The molecule has 14 heavy (non-hydrogen) atoms. The Morgan fingerprint density at radius 3 is 1.71 bits per heavy atom. The van der Waals surface area contributed by atoms with Crippen LogP contribution in [0.15, 0.2) is 0 Å². The van der Waals surface area contributed by atoms with Gasteiger partial charge in [0, 0.05) is 12.8 Å². The summed E-state index contributed by atoms with van der Waals surface area (Å²) in [4.78, 5) is 23.9. The zero-order valence-corrected chi connectivity index (χ0v) is 10.2. The average molecular weight is 233 g/mol. The minimum absolute atomic E-state index is 0.0434. The molecule has 2 amide bonds. The third-order valence-electron chi connectivity index (χ3n) is 1.62. The van der Waals surface area contributed by atoms with E-state index in [2.05, 4.69) is 12.6 Å². The number of hydrogen-bond acceptors (Lipinski definition) is 3. The maximum Gasteiger partial charge on any atom is 0.234 e. The van der Waals surface area contributed by atoms with Crippen molar-refractivity contribution in [2.45, 2.75) is 39.5 Å². The fourth-order valence-corrected chi connectivity index (χ4v) is 1.43. The van der Waals surface area contributed by atoms with Crippen molar-refractivity contribution in [2.75, 3.05) is 0 Å². The van der Waals surface area contributed by atoms with Crippen molar-refractivity contribution in [3.8, 4) is 0 Å². The van der Waals surface area contributed by atoms with Crippen molar-refractivity contribution >= 4 is 41.0 Å². The summed E-state index contributed by atoms with van der Waals surface area (Å²) in [5.74, 6) is -0.517. The molecule has 0 bridgehead atoms. The van der Waals surface area contributed by atoms with Gasteiger partial charge in [-0.3, -0.25) is 9.59 Å². The third-order valence-corrected chi connectivity index (χ3v) is 2.00. The fourth-order valence-electron chi connectivity index (χ4n) is 1.00. The second-order valence-electron chi connectivity index (χ2n) is 2.91. The van der Waals surface area contributed by atoms with E-state index in [4.69, 9.17) is 12.2 Å². The van der Waals surface area contributed by atoms with Crippen LogP contribution in [0.3, 0.4) is 0 Å². The molecule has 80 valence electrons. The molecule has 0 spiro atoms. The predicted molar refractivity (Wildman–Crippen MR) is 63.3 cm³/mol. The van der Waals surface area contributed by atoms with Gasteiger partial charge in [0.2, 0.25) is 11.8 Å². The minimum Gasteiger partial charge on any atom is -0.274 e. The van der Waals surface area contributed by atoms with Crippen molar-refractivity contribution in [3.63, 3.8) is 0 Å². The molecular formula is C9H15NO2S2. The van der Waals surface area contributed by atoms with Crippen molar-refractivity contribution in [2.24, 2.45) is 0 Å². The monoisotopic (exact) mass is 233 g/mol. The van der Waals surface area contributed by atoms with Crippen LogP contribution in [0.1, 0.15) is 39.5 Å². The molecule has 5 heteroatoms. The summed E-state index contributed by atoms with van der Waals surface area (Å²) in [5.41, 5.74) is 0. The van der Waals surface area contributed by atoms with Gasteiger partial charge in [-0.2, -0.15) is 0 Å². The summed E-state index contributed by atoms with van der Waals surface area (Å²) in [6.45, 7) is 3.75. The van der Waals surface area contributed by atoms with E-state index in [-0.39, 0.29) is 16.1 Å². The molecule has 0 saturated heterocycles. The van der Waals surface area contributed by atoms with E-state index in [0.717, 1.165) is 4.90 Å². The van der Waals surface area contributed by atoms with Crippen molar-refractivity contribution in [3.05, 3.63) is 0 Å². The quantitative estimate of drug-likeness (QED) is 0.597. The molecule has 0 saturated carbocycles. The molecular weight excluding hydrogens is 218 g/mol. The van der Waals surface area contributed by atoms with E-state index in [1.165, 1.54) is 0 Å². The molecule has 0 aliphatic heterocycles. The number of carbonyl (C=O) groups is 2. The Bertz CT molecular complexity index is 223. The number of carbonyl (C=O) groups excluding carboxylic acids is 2. The van der Waals surface area contributed by atoms with Crippen LogP contribution in [0.25, 0.3) is 0 Å². The highest BCUT2D eigenvalue weighted by Crippen LogP contribution is 2.06. The maximum absolute atomic E-state index is 11.5. The first-order chi connectivity index (χ1) is 6.54. The lowest BCUT2D eigenvalue weighted by atomic mass is 10.2. The zero-order valence-electron chi connectivity index (χ0n) is 8.45. The molecule has 0 radical (unpaired) electrons. The predicted octanol–water partition coefficient (Wildman–Crippen LogP) is 2.16. The summed E-state index contributed by atoms with van der Waals surface area (Å²) in [7, 11) is 0. The van der Waals surface area contributed by atoms with Crippen molar-refractivity contribution < 1.29 is 9.59 Å². The molecule has 0 rings (SSSR count). The van der Waals surface area contributed by atoms with Gasteiger partial charge in [-0.05, 0) is 12.8 Å². The Balaban J connectivity index is 4.51. The summed E-state index contributed by atoms with van der Waals surface area (Å²) in [6, 6.07) is 0. The van der Waals surface area contributed by atoms with Crippen LogP contribution in [-0.4, -0.2) is 21.0 Å². The van der Waals surface area contributed by atoms with Crippen LogP contribution in [0.4, 0.5) is 0 Å². The Labute approximate surface area is 95.3 Å². The summed E-state index contributed by atoms with van der Waals surface area (Å²) in [6.07, 6.45) is 2.06. The third kappa shape index (κ3) is 4.19. The lowest BCUT2D eigenvalue weighted by Crippen LogP contribution is -2.38. The number of nitrogens with zero attached hydrogens (tertiary/aromatic N) is 1. The van der Waals surface area contributed by atoms with Crippen molar-refractivity contribution in [1.29, 1.82) is 0 Å². The Morgan fingerprint density at radius 2 is 1.50 bits per heavy atom. The number of rotatable bonds is 4. The first kappa shape index (κ1) is 13.6. The van der Waals surface area contributed by atoms with Crippen LogP contribution < -0.4 is 0 Å². The van der Waals surface area contributed by atoms with Crippen LogP contribution in [-0.2, 0) is 9.59 Å². The van der Waals surface area contributed by atoms with E-state index in [1.54, 1.807) is 0 Å². The highest BCUT2D eigenvalue weighted by Gasteiger charge is 2.21. The zero-order chi connectivity index (χ0) is 11.1. The largest absolute Gasteiger partial charge is 0.274 e. The van der Waals surface area contributed by atoms with Gasteiger partial charge in [0.1, 0.15) is 4.32 Å². The van der Waals surface area contributed by atoms with Crippen LogP contribution in [0.5, 0.6) is 0 Å². The lowest BCUT2D eigenvalue weighted by Gasteiger charge is -2.17. The van der Waals surface area contributed by atoms with Gasteiger partial charge in [0.05, 0.1) is 0 Å². The first-order valence-corrected chi connectivity index (χ1v) is 5.48. The topological polar surface area (TPSA) is 37.4 Å². The van der Waals surface area contributed by atoms with Crippen LogP contribution >= 0.6 is 24.8 Å². The van der Waals surface area contributed by atoms with Crippen LogP contribution in [0.2, 0.25) is 0 Å². The van der Waals surface area contributed by atoms with Gasteiger partial charge in [-0.25, -0.2) is 4.90 Å². The number of thiol groups is 1. The fraction of sp³-hybridized carbons (Fsp3) is 0.667. The molecule has 0 aliphatic carbocycles. The van der Waals surface area contributed by atoms with E-state index < -0.39 is 0 Å². The Morgan fingerprint density at radius 1 is 1.14 bits per heavy atom. The molecule has 0 fully saturated rings. The molecule has 3 nitrogen and oxygen atoms in total. The molecule has 0 heterocycles. The summed E-state index contributed by atoms with van der Waals surface area (Å²) in [5, 5.41) is 0. The number of amides is 2. The van der Waals surface area contributed by atoms with E-state index in [9.17, 15) is 9.59 Å². The molecule has 0 aromatic carbocycles. The second-order valence-corrected chi connectivity index (χ2v) is 4.02. The lowest BCUT2D eigenvalue weighted by molar-refractivity contribution is -0.139. The van der Waals surface area contributed by atoms with Gasteiger partial charge in [0.15, 0.2) is 0 Å². The van der Waals surface area contributed by atoms with E-state index >= 15 is 0 Å². The molecule has 0 atom stereocenters. The second kappa shape index (κ2) is 6.95. The summed E-state index contributed by atoms with van der Waals surface area (Å²) < 4.78 is 0.0434. The number of thiocarbonyl (C=S) groups is 1. The van der Waals surface area contributed by atoms with Gasteiger partial charge < -0.3 is 0 Å². The van der Waals surface area contributed by atoms with Gasteiger partial charge in [-0.15, -0.1) is 12.6 Å². The van der Waals surface area contributed by atoms with Crippen LogP contribution in [0, 0.1) is 0 Å². The summed E-state index contributed by atoms with van der Waals surface area (Å²) >= 11 is 8.62. The Kier molecular flexibility index (Phi) is 6.74. The van der Waals surface area contributed by atoms with Gasteiger partial charge >= 0.3 is 0 Å². The highest BCUT2D eigenvalue weighted by molar-refractivity contribution is 8.11. The van der Waals surface area contributed by atoms with Gasteiger partial charge in [-0.1, -0.05) is 26.1 Å². The molecule has 0 aliphatic rings. The van der Waals surface area contributed by atoms with Gasteiger partial charge in [0.25, 0.3) is 0 Å². The average Bonchev–Trinajstić information content (AvgIpc) is 2.04. The standard InChI is InChI=1S/C9H15NO2S2/c1-3-5-7(11)10(9(13)14)8(12)6-4-2/h3-6H2,1-2H3,(H,13,14). The maximum atomic E-state index is 11.5.